The highest BCUT2D eigenvalue weighted by atomic mass is 32.2. The molecule has 1 amide bonds. The minimum atomic E-state index is -4.41. The monoisotopic (exact) mass is 459 g/mol. The lowest BCUT2D eigenvalue weighted by Gasteiger charge is -2.16. The molecule has 0 atom stereocenters. The van der Waals surface area contributed by atoms with E-state index in [1.807, 2.05) is 6.26 Å². The number of hydrogen-bond donors (Lipinski definition) is 1. The van der Waals surface area contributed by atoms with Crippen molar-refractivity contribution in [3.63, 3.8) is 0 Å². The smallest absolute Gasteiger partial charge is 0.355 e. The molecule has 1 N–H and O–H groups in total. The van der Waals surface area contributed by atoms with Gasteiger partial charge in [-0.25, -0.2) is 4.98 Å². The van der Waals surface area contributed by atoms with Gasteiger partial charge in [0.1, 0.15) is 5.82 Å². The van der Waals surface area contributed by atoms with Crippen molar-refractivity contribution in [3.05, 3.63) is 29.7 Å². The highest BCUT2D eigenvalue weighted by Crippen LogP contribution is 2.33. The van der Waals surface area contributed by atoms with E-state index < -0.39 is 11.7 Å². The van der Waals surface area contributed by atoms with Crippen molar-refractivity contribution in [2.45, 2.75) is 60.9 Å². The minimum absolute atomic E-state index is 0.104. The number of alkyl halides is 3. The van der Waals surface area contributed by atoms with E-state index in [2.05, 4.69) is 25.1 Å². The Labute approximate surface area is 181 Å². The maximum Gasteiger partial charge on any atom is 0.417 e. The van der Waals surface area contributed by atoms with Crippen LogP contribution in [0.2, 0.25) is 0 Å². The maximum absolute atomic E-state index is 12.5. The summed E-state index contributed by atoms with van der Waals surface area (Å²) in [5.74, 6) is 0.889. The number of nitrogens with zero attached hydrogens (tertiary/aromatic N) is 4. The number of carbonyl (C=O) groups is 1. The number of aryl methyl sites for hydroxylation is 1. The van der Waals surface area contributed by atoms with Gasteiger partial charge in [0.15, 0.2) is 5.16 Å². The van der Waals surface area contributed by atoms with E-state index in [4.69, 9.17) is 0 Å². The molecule has 1 saturated carbocycles. The van der Waals surface area contributed by atoms with E-state index in [-0.39, 0.29) is 11.7 Å². The van der Waals surface area contributed by atoms with Crippen LogP contribution in [0.25, 0.3) is 0 Å². The highest BCUT2D eigenvalue weighted by molar-refractivity contribution is 7.99. The summed E-state index contributed by atoms with van der Waals surface area (Å²) in [6.07, 6.45) is 4.63. The Morgan fingerprint density at radius 3 is 2.67 bits per heavy atom. The number of hydrogen-bond acceptors (Lipinski definition) is 6. The Morgan fingerprint density at radius 1 is 1.27 bits per heavy atom. The van der Waals surface area contributed by atoms with Crippen molar-refractivity contribution in [3.8, 4) is 0 Å². The molecular weight excluding hydrogens is 435 g/mol. The zero-order chi connectivity index (χ0) is 21.6. The second-order valence-corrected chi connectivity index (χ2v) is 8.81. The molecule has 0 spiro atoms. The molecule has 0 radical (unpaired) electrons. The molecule has 2 aromatic rings. The fourth-order valence-corrected chi connectivity index (χ4v) is 4.69. The fraction of sp³-hybridized carbons (Fsp3) is 0.579. The number of rotatable bonds is 9. The highest BCUT2D eigenvalue weighted by Gasteiger charge is 2.30. The molecule has 3 rings (SSSR count). The topological polar surface area (TPSA) is 72.7 Å². The zero-order valence-electron chi connectivity index (χ0n) is 16.6. The molecule has 164 valence electrons. The number of nitrogens with one attached hydrogen (secondary N) is 1. The maximum atomic E-state index is 12.5. The quantitative estimate of drug-likeness (QED) is 0.444. The van der Waals surface area contributed by atoms with Crippen LogP contribution in [0.1, 0.15) is 49.5 Å². The SMILES string of the molecule is CSc1nnc(CCCNC(=O)CSc2ccc(C(F)(F)F)cn2)n1C1CCCC1. The molecule has 0 aromatic carbocycles. The van der Waals surface area contributed by atoms with Gasteiger partial charge >= 0.3 is 6.18 Å². The van der Waals surface area contributed by atoms with Gasteiger partial charge in [-0.1, -0.05) is 36.4 Å². The summed E-state index contributed by atoms with van der Waals surface area (Å²) < 4.78 is 39.9. The van der Waals surface area contributed by atoms with E-state index in [1.54, 1.807) is 11.8 Å². The first-order valence-corrected chi connectivity index (χ1v) is 12.0. The van der Waals surface area contributed by atoms with Gasteiger partial charge in [-0.05, 0) is 37.7 Å². The number of thioether (sulfide) groups is 2. The third-order valence-corrected chi connectivity index (χ3v) is 6.51. The van der Waals surface area contributed by atoms with Crippen LogP contribution in [0.4, 0.5) is 13.2 Å². The summed E-state index contributed by atoms with van der Waals surface area (Å²) in [4.78, 5) is 15.8. The molecule has 0 saturated heterocycles. The normalized spacial score (nSPS) is 14.9. The second-order valence-electron chi connectivity index (χ2n) is 7.04. The van der Waals surface area contributed by atoms with Gasteiger partial charge in [-0.15, -0.1) is 10.2 Å². The molecule has 1 fully saturated rings. The molecular formula is C19H24F3N5OS2. The van der Waals surface area contributed by atoms with Crippen LogP contribution in [-0.4, -0.2) is 44.2 Å². The van der Waals surface area contributed by atoms with Crippen molar-refractivity contribution in [1.82, 2.24) is 25.1 Å². The number of aromatic nitrogens is 4. The number of carbonyl (C=O) groups excluding carboxylic acids is 1. The van der Waals surface area contributed by atoms with Crippen LogP contribution in [0.3, 0.4) is 0 Å². The first kappa shape index (κ1) is 22.9. The predicted molar refractivity (Wildman–Crippen MR) is 111 cm³/mol. The third kappa shape index (κ3) is 6.13. The Balaban J connectivity index is 1.41. The van der Waals surface area contributed by atoms with E-state index in [0.29, 0.717) is 17.6 Å². The van der Waals surface area contributed by atoms with Gasteiger partial charge in [-0.3, -0.25) is 4.79 Å². The lowest BCUT2D eigenvalue weighted by molar-refractivity contribution is -0.137. The number of pyridine rings is 1. The predicted octanol–water partition coefficient (Wildman–Crippen LogP) is 4.37. The van der Waals surface area contributed by atoms with Crippen LogP contribution in [0, 0.1) is 0 Å². The van der Waals surface area contributed by atoms with Gasteiger partial charge in [0, 0.05) is 25.2 Å². The molecule has 6 nitrogen and oxygen atoms in total. The summed E-state index contributed by atoms with van der Waals surface area (Å²) >= 11 is 2.71. The Bertz CT molecular complexity index is 836. The van der Waals surface area contributed by atoms with Crippen LogP contribution in [0.5, 0.6) is 0 Å². The van der Waals surface area contributed by atoms with Crippen LogP contribution >= 0.6 is 23.5 Å². The molecule has 1 aliphatic rings. The molecule has 0 unspecified atom stereocenters. The minimum Gasteiger partial charge on any atom is -0.355 e. The number of halogens is 3. The van der Waals surface area contributed by atoms with Crippen molar-refractivity contribution in [2.24, 2.45) is 0 Å². The van der Waals surface area contributed by atoms with Crippen LogP contribution in [-0.2, 0) is 17.4 Å². The molecule has 11 heteroatoms. The van der Waals surface area contributed by atoms with Crippen molar-refractivity contribution < 1.29 is 18.0 Å². The molecule has 0 aliphatic heterocycles. The van der Waals surface area contributed by atoms with Crippen LogP contribution in [0.15, 0.2) is 28.5 Å². The lowest BCUT2D eigenvalue weighted by Crippen LogP contribution is -2.26. The molecule has 0 bridgehead atoms. The first-order chi connectivity index (χ1) is 14.4. The fourth-order valence-electron chi connectivity index (χ4n) is 3.44. The molecule has 2 aromatic heterocycles. The summed E-state index contributed by atoms with van der Waals surface area (Å²) in [7, 11) is 0. The van der Waals surface area contributed by atoms with Crippen molar-refractivity contribution in [1.29, 1.82) is 0 Å². The largest absolute Gasteiger partial charge is 0.417 e. The summed E-state index contributed by atoms with van der Waals surface area (Å²) in [5.41, 5.74) is -0.800. The average molecular weight is 460 g/mol. The third-order valence-electron chi connectivity index (χ3n) is 4.92. The number of amides is 1. The van der Waals surface area contributed by atoms with Crippen molar-refractivity contribution >= 4 is 29.4 Å². The first-order valence-electron chi connectivity index (χ1n) is 9.79. The summed E-state index contributed by atoms with van der Waals surface area (Å²) in [6.45, 7) is 0.506. The zero-order valence-corrected chi connectivity index (χ0v) is 18.2. The van der Waals surface area contributed by atoms with E-state index in [0.717, 1.165) is 60.7 Å². The van der Waals surface area contributed by atoms with Gasteiger partial charge in [0.2, 0.25) is 5.91 Å². The summed E-state index contributed by atoms with van der Waals surface area (Å²) in [5, 5.41) is 12.8. The molecule has 30 heavy (non-hydrogen) atoms. The van der Waals surface area contributed by atoms with Crippen molar-refractivity contribution in [2.75, 3.05) is 18.6 Å². The lowest BCUT2D eigenvalue weighted by atomic mass is 10.2. The van der Waals surface area contributed by atoms with E-state index in [1.165, 1.54) is 18.9 Å². The van der Waals surface area contributed by atoms with Crippen LogP contribution < -0.4 is 5.32 Å². The van der Waals surface area contributed by atoms with Gasteiger partial charge < -0.3 is 9.88 Å². The Morgan fingerprint density at radius 2 is 2.03 bits per heavy atom. The average Bonchev–Trinajstić information content (AvgIpc) is 3.38. The van der Waals surface area contributed by atoms with E-state index >= 15 is 0 Å². The molecule has 2 heterocycles. The van der Waals surface area contributed by atoms with Gasteiger partial charge in [0.25, 0.3) is 0 Å². The Kier molecular flexibility index (Phi) is 8.04. The van der Waals surface area contributed by atoms with E-state index in [9.17, 15) is 18.0 Å². The molecule has 1 aliphatic carbocycles. The Hall–Kier alpha value is -1.75. The van der Waals surface area contributed by atoms with Gasteiger partial charge in [0.05, 0.1) is 16.3 Å². The van der Waals surface area contributed by atoms with Gasteiger partial charge in [-0.2, -0.15) is 13.2 Å². The second kappa shape index (κ2) is 10.5. The standard InChI is InChI=1S/C19H24F3N5OS2/c1-29-18-26-25-15(27(18)14-5-2-3-6-14)7-4-10-23-16(28)12-30-17-9-8-13(11-24-17)19(20,21)22/h8-9,11,14H,2-7,10,12H2,1H3,(H,23,28). The summed E-state index contributed by atoms with van der Waals surface area (Å²) in [6, 6.07) is 2.72.